The third-order valence-corrected chi connectivity index (χ3v) is 7.86. The van der Waals surface area contributed by atoms with Crippen molar-refractivity contribution in [1.82, 2.24) is 0 Å². The highest BCUT2D eigenvalue weighted by atomic mass is 16.1. The fourth-order valence-electron chi connectivity index (χ4n) is 6.61. The minimum Gasteiger partial charge on any atom is -0.300 e. The normalized spacial score (nSPS) is 65.7. The van der Waals surface area contributed by atoms with Gasteiger partial charge in [-0.25, -0.2) is 0 Å². The van der Waals surface area contributed by atoms with Crippen LogP contribution >= 0.6 is 0 Å². The van der Waals surface area contributed by atoms with E-state index in [4.69, 9.17) is 11.0 Å². The first kappa shape index (κ1) is 9.15. The van der Waals surface area contributed by atoms with Gasteiger partial charge >= 0.3 is 0 Å². The summed E-state index contributed by atoms with van der Waals surface area (Å²) < 4.78 is 65.2. The first-order chi connectivity index (χ1) is 13.9. The molecule has 0 saturated heterocycles. The molecule has 0 aliphatic heterocycles. The van der Waals surface area contributed by atoms with Crippen LogP contribution in [0.5, 0.6) is 0 Å². The molecule has 4 aliphatic carbocycles. The van der Waals surface area contributed by atoms with Crippen LogP contribution in [0.25, 0.3) is 0 Å². The summed E-state index contributed by atoms with van der Waals surface area (Å²) in [5.74, 6) is -4.08. The molecule has 2 heteroatoms. The van der Waals surface area contributed by atoms with Crippen molar-refractivity contribution in [3.8, 4) is 0 Å². The van der Waals surface area contributed by atoms with Gasteiger partial charge < -0.3 is 0 Å². The Labute approximate surface area is 152 Å². The number of rotatable bonds is 1. The van der Waals surface area contributed by atoms with Crippen LogP contribution < -0.4 is 0 Å². The molecule has 2 nitrogen and oxygen atoms in total. The fraction of sp³-hybridized carbons (Fsp3) is 0.905. The smallest absolute Gasteiger partial charge is 0.133 e. The van der Waals surface area contributed by atoms with E-state index in [9.17, 15) is 9.59 Å². The predicted molar refractivity (Wildman–Crippen MR) is 90.9 cm³/mol. The van der Waals surface area contributed by atoms with Crippen molar-refractivity contribution in [3.63, 3.8) is 0 Å². The Bertz CT molecular complexity index is 823. The largest absolute Gasteiger partial charge is 0.300 e. The van der Waals surface area contributed by atoms with Gasteiger partial charge in [0, 0.05) is 29.6 Å². The first-order valence-electron chi connectivity index (χ1n) is 13.0. The van der Waals surface area contributed by atoms with Gasteiger partial charge in [0.25, 0.3) is 0 Å². The zero-order chi connectivity index (χ0) is 23.4. The SMILES string of the molecule is [2H]C([2H])([2H])C(=O)[C@@]1([2H])CCC2C3CCC4C([2H])([2H])C(=O)C([2H])([2H])CC4(C)C3CCC21C. The van der Waals surface area contributed by atoms with Gasteiger partial charge in [0.15, 0.2) is 0 Å². The molecule has 0 radical (unpaired) electrons. The molecule has 4 aliphatic rings. The van der Waals surface area contributed by atoms with E-state index in [1.165, 1.54) is 0 Å². The van der Waals surface area contributed by atoms with Crippen LogP contribution in [0.15, 0.2) is 0 Å². The van der Waals surface area contributed by atoms with E-state index >= 15 is 0 Å². The number of fused-ring (bicyclic) bond motifs is 5. The van der Waals surface area contributed by atoms with Crippen LogP contribution in [0.3, 0.4) is 0 Å². The molecule has 0 heterocycles. The van der Waals surface area contributed by atoms with Crippen molar-refractivity contribution in [2.24, 2.45) is 40.4 Å². The Balaban J connectivity index is 1.71. The molecule has 0 aromatic heterocycles. The second-order valence-corrected chi connectivity index (χ2v) is 8.64. The fourth-order valence-corrected chi connectivity index (χ4v) is 6.61. The maximum absolute atomic E-state index is 12.8. The van der Waals surface area contributed by atoms with Gasteiger partial charge in [0.05, 0.1) is 0 Å². The van der Waals surface area contributed by atoms with Crippen molar-refractivity contribution in [2.45, 2.75) is 78.4 Å². The molecule has 4 fully saturated rings. The lowest BCUT2D eigenvalue weighted by atomic mass is 9.44. The lowest BCUT2D eigenvalue weighted by molar-refractivity contribution is -0.143. The minimum atomic E-state index is -2.81. The molecule has 7 atom stereocenters. The molecule has 6 unspecified atom stereocenters. The number of ketones is 2. The summed E-state index contributed by atoms with van der Waals surface area (Å²) in [6.07, 6.45) is -1.41. The molecule has 128 valence electrons. The summed E-state index contributed by atoms with van der Waals surface area (Å²) in [6.45, 7) is 1.00. The predicted octanol–water partition coefficient (Wildman–Crippen LogP) is 4.80. The lowest BCUT2D eigenvalue weighted by Crippen LogP contribution is -2.53. The monoisotopic (exact) mass is 324 g/mol. The number of carbonyl (C=O) groups is 2. The van der Waals surface area contributed by atoms with Crippen LogP contribution in [-0.4, -0.2) is 11.6 Å². The minimum absolute atomic E-state index is 0.00612. The van der Waals surface area contributed by atoms with Crippen molar-refractivity contribution in [2.75, 3.05) is 0 Å². The number of hydrogen-bond acceptors (Lipinski definition) is 2. The number of hydrogen-bond donors (Lipinski definition) is 0. The second-order valence-electron chi connectivity index (χ2n) is 8.64. The topological polar surface area (TPSA) is 34.1 Å². The summed E-state index contributed by atoms with van der Waals surface area (Å²) in [7, 11) is 0. The zero-order valence-electron chi connectivity index (χ0n) is 22.1. The zero-order valence-corrected chi connectivity index (χ0v) is 14.1. The van der Waals surface area contributed by atoms with Gasteiger partial charge in [0.2, 0.25) is 0 Å². The molecular weight excluding hydrogens is 284 g/mol. The molecule has 0 bridgehead atoms. The molecule has 0 N–H and O–H groups in total. The second kappa shape index (κ2) is 5.17. The van der Waals surface area contributed by atoms with Crippen molar-refractivity contribution >= 4 is 11.6 Å². The third kappa shape index (κ3) is 2.12. The van der Waals surface area contributed by atoms with E-state index in [2.05, 4.69) is 0 Å². The van der Waals surface area contributed by atoms with Crippen molar-refractivity contribution in [3.05, 3.63) is 0 Å². The number of Topliss-reactive ketones (excluding diaryl/α,β-unsaturated/α-hetero) is 2. The molecule has 4 rings (SSSR count). The van der Waals surface area contributed by atoms with E-state index in [1.54, 1.807) is 0 Å². The Hall–Kier alpha value is -0.660. The van der Waals surface area contributed by atoms with E-state index in [0.717, 1.165) is 0 Å². The standard InChI is InChI=1S/C21H32O2/c1-13(22)17-6-7-18-16-5-4-14-12-15(23)8-10-20(14,2)19(16)9-11-21(17,18)3/h14,16-19H,4-12H2,1-3H3/t14?,16?,17-,18?,19?,20?,21?/m1/s1/i1D3,8D2,12D2,17D. The van der Waals surface area contributed by atoms with E-state index in [0.29, 0.717) is 32.1 Å². The first-order valence-corrected chi connectivity index (χ1v) is 9.03. The number of carbonyl (C=O) groups excluding carboxylic acids is 2. The van der Waals surface area contributed by atoms with Gasteiger partial charge in [-0.1, -0.05) is 13.8 Å². The third-order valence-electron chi connectivity index (χ3n) is 7.86. The van der Waals surface area contributed by atoms with Gasteiger partial charge in [-0.3, -0.25) is 9.59 Å². The van der Waals surface area contributed by atoms with Crippen LogP contribution in [-0.2, 0) is 9.59 Å². The Morgan fingerprint density at radius 1 is 1.13 bits per heavy atom. The van der Waals surface area contributed by atoms with E-state index in [-0.39, 0.29) is 30.6 Å². The van der Waals surface area contributed by atoms with Gasteiger partial charge in [-0.15, -0.1) is 0 Å². The summed E-state index contributed by atoms with van der Waals surface area (Å²) in [6, 6.07) is 0. The van der Waals surface area contributed by atoms with Crippen molar-refractivity contribution < 1.29 is 20.6 Å². The summed E-state index contributed by atoms with van der Waals surface area (Å²) in [5, 5.41) is 0. The maximum atomic E-state index is 12.8. The van der Waals surface area contributed by atoms with Crippen LogP contribution in [0.1, 0.15) is 89.4 Å². The highest BCUT2D eigenvalue weighted by Crippen LogP contribution is 2.67. The summed E-state index contributed by atoms with van der Waals surface area (Å²) in [4.78, 5) is 25.4. The van der Waals surface area contributed by atoms with E-state index in [1.807, 2.05) is 13.8 Å². The Kier molecular flexibility index (Phi) is 2.06. The van der Waals surface area contributed by atoms with E-state index < -0.39 is 53.8 Å². The highest BCUT2D eigenvalue weighted by Gasteiger charge is 2.60. The maximum Gasteiger partial charge on any atom is 0.133 e. The molecule has 0 spiro atoms. The van der Waals surface area contributed by atoms with Crippen LogP contribution in [0.2, 0.25) is 0 Å². The lowest BCUT2D eigenvalue weighted by Gasteiger charge is -2.60. The van der Waals surface area contributed by atoms with Crippen molar-refractivity contribution in [1.29, 1.82) is 0 Å². The van der Waals surface area contributed by atoms with Gasteiger partial charge in [0.1, 0.15) is 11.6 Å². The summed E-state index contributed by atoms with van der Waals surface area (Å²) in [5.41, 5.74) is -1.45. The Morgan fingerprint density at radius 2 is 1.91 bits per heavy atom. The molecule has 4 saturated carbocycles. The molecule has 0 aromatic rings. The van der Waals surface area contributed by atoms with Crippen LogP contribution in [0, 0.1) is 40.4 Å². The molecule has 0 aromatic carbocycles. The average Bonchev–Trinajstić information content (AvgIpc) is 2.90. The molecule has 23 heavy (non-hydrogen) atoms. The quantitative estimate of drug-likeness (QED) is 0.694. The summed E-state index contributed by atoms with van der Waals surface area (Å²) >= 11 is 0. The highest BCUT2D eigenvalue weighted by molar-refractivity contribution is 5.80. The molecular formula is C21H32O2. The van der Waals surface area contributed by atoms with Gasteiger partial charge in [-0.05, 0) is 86.3 Å². The molecule has 0 amide bonds. The van der Waals surface area contributed by atoms with Gasteiger partial charge in [-0.2, -0.15) is 0 Å². The average molecular weight is 325 g/mol. The van der Waals surface area contributed by atoms with Crippen LogP contribution in [0.4, 0.5) is 0 Å². The Morgan fingerprint density at radius 3 is 2.70 bits per heavy atom.